The maximum absolute atomic E-state index is 12.0. The van der Waals surface area contributed by atoms with Crippen LogP contribution in [0.3, 0.4) is 0 Å². The van der Waals surface area contributed by atoms with Crippen LogP contribution in [-0.4, -0.2) is 30.1 Å². The van der Waals surface area contributed by atoms with Gasteiger partial charge in [-0.3, -0.25) is 20.2 Å². The Kier molecular flexibility index (Phi) is 4.31. The molecule has 3 rings (SSSR count). The number of hydrogen-bond acceptors (Lipinski definition) is 5. The van der Waals surface area contributed by atoms with Gasteiger partial charge in [-0.25, -0.2) is 0 Å². The van der Waals surface area contributed by atoms with Gasteiger partial charge in [0, 0.05) is 11.3 Å². The monoisotopic (exact) mass is 326 g/mol. The quantitative estimate of drug-likeness (QED) is 0.529. The van der Waals surface area contributed by atoms with E-state index in [0.717, 1.165) is 11.1 Å². The minimum absolute atomic E-state index is 0.0729. The summed E-state index contributed by atoms with van der Waals surface area (Å²) >= 11 is 0. The van der Waals surface area contributed by atoms with Crippen molar-refractivity contribution < 1.29 is 14.5 Å². The molecule has 1 aliphatic heterocycles. The maximum atomic E-state index is 12.0. The summed E-state index contributed by atoms with van der Waals surface area (Å²) < 4.78 is 4.80. The van der Waals surface area contributed by atoms with Crippen molar-refractivity contribution in [2.75, 3.05) is 7.11 Å². The molecule has 1 aliphatic rings. The third-order valence-electron chi connectivity index (χ3n) is 4.56. The average molecular weight is 326 g/mol. The molecule has 24 heavy (non-hydrogen) atoms. The van der Waals surface area contributed by atoms with Crippen LogP contribution in [0.4, 0.5) is 0 Å². The molecule has 1 fully saturated rings. The van der Waals surface area contributed by atoms with Crippen molar-refractivity contribution in [3.05, 3.63) is 81.9 Å². The van der Waals surface area contributed by atoms with Crippen molar-refractivity contribution in [2.24, 2.45) is 0 Å². The van der Waals surface area contributed by atoms with Gasteiger partial charge in [0.25, 0.3) is 0 Å². The number of methoxy groups -OCH3 is 1. The van der Waals surface area contributed by atoms with Gasteiger partial charge in [0.2, 0.25) is 6.04 Å². The van der Waals surface area contributed by atoms with Crippen molar-refractivity contribution in [3.8, 4) is 0 Å². The molecule has 124 valence electrons. The molecule has 0 radical (unpaired) electrons. The molecule has 0 aromatic heterocycles. The highest BCUT2D eigenvalue weighted by Gasteiger charge is 2.58. The first-order chi connectivity index (χ1) is 11.6. The summed E-state index contributed by atoms with van der Waals surface area (Å²) in [4.78, 5) is 23.5. The second-order valence-corrected chi connectivity index (χ2v) is 5.80. The molecule has 6 nitrogen and oxygen atoms in total. The van der Waals surface area contributed by atoms with Gasteiger partial charge in [0.15, 0.2) is 0 Å². The van der Waals surface area contributed by atoms with Gasteiger partial charge in [-0.05, 0) is 11.1 Å². The van der Waals surface area contributed by atoms with E-state index in [1.807, 2.05) is 60.7 Å². The molecule has 2 aromatic rings. The fourth-order valence-corrected chi connectivity index (χ4v) is 3.49. The number of carbonyl (C=O) groups excluding carboxylic acids is 1. The fourth-order valence-electron chi connectivity index (χ4n) is 3.49. The molecule has 0 amide bonds. The third-order valence-corrected chi connectivity index (χ3v) is 4.56. The summed E-state index contributed by atoms with van der Waals surface area (Å²) in [7, 11) is 1.29. The zero-order valence-corrected chi connectivity index (χ0v) is 13.2. The van der Waals surface area contributed by atoms with E-state index < -0.39 is 23.6 Å². The topological polar surface area (TPSA) is 81.5 Å². The highest BCUT2D eigenvalue weighted by Crippen LogP contribution is 2.41. The Balaban J connectivity index is 2.20. The molecule has 0 unspecified atom stereocenters. The summed E-state index contributed by atoms with van der Waals surface area (Å²) in [5, 5.41) is 15.0. The molecular formula is C18H18N2O4. The number of benzene rings is 2. The Morgan fingerprint density at radius 2 is 1.62 bits per heavy atom. The molecule has 0 bridgehead atoms. The Bertz CT molecular complexity index is 694. The predicted molar refractivity (Wildman–Crippen MR) is 88.0 cm³/mol. The van der Waals surface area contributed by atoms with Crippen molar-refractivity contribution in [1.29, 1.82) is 0 Å². The Labute approximate surface area is 139 Å². The maximum Gasteiger partial charge on any atom is 0.323 e. The molecule has 0 spiro atoms. The lowest BCUT2D eigenvalue weighted by Gasteiger charge is -2.32. The fraction of sp³-hybridized carbons (Fsp3) is 0.278. The molecule has 6 heteroatoms. The smallest absolute Gasteiger partial charge is 0.323 e. The van der Waals surface area contributed by atoms with Crippen LogP contribution in [0.2, 0.25) is 0 Å². The number of nitro groups is 1. The van der Waals surface area contributed by atoms with Crippen LogP contribution in [0.25, 0.3) is 0 Å². The first kappa shape index (κ1) is 16.1. The number of hydrogen-bond donors (Lipinski definition) is 1. The van der Waals surface area contributed by atoms with Crippen molar-refractivity contribution in [1.82, 2.24) is 5.32 Å². The van der Waals surface area contributed by atoms with E-state index in [4.69, 9.17) is 4.74 Å². The molecule has 0 aliphatic carbocycles. The first-order valence-electron chi connectivity index (χ1n) is 7.69. The highest BCUT2D eigenvalue weighted by atomic mass is 16.6. The number of rotatable bonds is 4. The SMILES string of the molecule is COC(=O)[C@H]1C[C@H]([N+](=O)[O-])C(c2ccccc2)(c2ccccc2)N1. The summed E-state index contributed by atoms with van der Waals surface area (Å²) in [6, 6.07) is 16.7. The van der Waals surface area contributed by atoms with Gasteiger partial charge < -0.3 is 4.74 Å². The lowest BCUT2D eigenvalue weighted by molar-refractivity contribution is -0.530. The van der Waals surface area contributed by atoms with Crippen molar-refractivity contribution in [2.45, 2.75) is 24.0 Å². The standard InChI is InChI=1S/C18H18N2O4/c1-24-17(21)15-12-16(20(22)23)18(19-15,13-8-4-2-5-9-13)14-10-6-3-7-11-14/h2-11,15-16,19H,12H2,1H3/t15-,16+/m1/s1. The van der Waals surface area contributed by atoms with E-state index >= 15 is 0 Å². The summed E-state index contributed by atoms with van der Waals surface area (Å²) in [5.74, 6) is -0.490. The molecule has 0 saturated carbocycles. The largest absolute Gasteiger partial charge is 0.468 e. The van der Waals surface area contributed by atoms with E-state index in [9.17, 15) is 14.9 Å². The minimum atomic E-state index is -1.08. The van der Waals surface area contributed by atoms with Crippen LogP contribution >= 0.6 is 0 Å². The number of carbonyl (C=O) groups is 1. The van der Waals surface area contributed by atoms with Crippen LogP contribution in [0.1, 0.15) is 17.5 Å². The second kappa shape index (κ2) is 6.41. The zero-order chi connectivity index (χ0) is 17.2. The van der Waals surface area contributed by atoms with Crippen LogP contribution < -0.4 is 5.32 Å². The van der Waals surface area contributed by atoms with Crippen LogP contribution in [0.15, 0.2) is 60.7 Å². The summed E-state index contributed by atoms with van der Waals surface area (Å²) in [6.07, 6.45) is 0.0729. The molecular weight excluding hydrogens is 308 g/mol. The van der Waals surface area contributed by atoms with E-state index in [0.29, 0.717) is 0 Å². The first-order valence-corrected chi connectivity index (χ1v) is 7.69. The molecule has 2 aromatic carbocycles. The Morgan fingerprint density at radius 3 is 2.04 bits per heavy atom. The van der Waals surface area contributed by atoms with Crippen LogP contribution in [0.5, 0.6) is 0 Å². The van der Waals surface area contributed by atoms with E-state index in [1.54, 1.807) is 0 Å². The molecule has 1 saturated heterocycles. The normalized spacial score (nSPS) is 22.0. The highest BCUT2D eigenvalue weighted by molar-refractivity contribution is 5.77. The van der Waals surface area contributed by atoms with Crippen molar-refractivity contribution in [3.63, 3.8) is 0 Å². The van der Waals surface area contributed by atoms with Gasteiger partial charge in [-0.15, -0.1) is 0 Å². The van der Waals surface area contributed by atoms with Crippen molar-refractivity contribution >= 4 is 5.97 Å². The molecule has 1 N–H and O–H groups in total. The second-order valence-electron chi connectivity index (χ2n) is 5.80. The lowest BCUT2D eigenvalue weighted by Crippen LogP contribution is -2.51. The van der Waals surface area contributed by atoms with Crippen LogP contribution in [-0.2, 0) is 15.1 Å². The summed E-state index contributed by atoms with van der Waals surface area (Å²) in [5.41, 5.74) is 0.429. The van der Waals surface area contributed by atoms with E-state index in [1.165, 1.54) is 7.11 Å². The van der Waals surface area contributed by atoms with E-state index in [-0.39, 0.29) is 11.3 Å². The van der Waals surface area contributed by atoms with Crippen LogP contribution in [0, 0.1) is 10.1 Å². The predicted octanol–water partition coefficient (Wildman–Crippen LogP) is 2.11. The van der Waals surface area contributed by atoms with E-state index in [2.05, 4.69) is 5.32 Å². The summed E-state index contributed by atoms with van der Waals surface area (Å²) in [6.45, 7) is 0. The molecule has 2 atom stereocenters. The Hall–Kier alpha value is -2.73. The zero-order valence-electron chi connectivity index (χ0n) is 13.2. The number of ether oxygens (including phenoxy) is 1. The Morgan fingerprint density at radius 1 is 1.12 bits per heavy atom. The minimum Gasteiger partial charge on any atom is -0.468 e. The van der Waals surface area contributed by atoms with Gasteiger partial charge in [0.1, 0.15) is 11.6 Å². The number of nitrogens with zero attached hydrogens (tertiary/aromatic N) is 1. The third kappa shape index (κ3) is 2.55. The molecule has 1 heterocycles. The lowest BCUT2D eigenvalue weighted by atomic mass is 9.78. The van der Waals surface area contributed by atoms with Gasteiger partial charge in [-0.2, -0.15) is 0 Å². The van der Waals surface area contributed by atoms with Gasteiger partial charge >= 0.3 is 5.97 Å². The number of nitrogens with one attached hydrogen (secondary N) is 1. The number of esters is 1. The average Bonchev–Trinajstić information content (AvgIpc) is 3.05. The van der Waals surface area contributed by atoms with Gasteiger partial charge in [-0.1, -0.05) is 60.7 Å². The van der Waals surface area contributed by atoms with Gasteiger partial charge in [0.05, 0.1) is 7.11 Å².